The molecule has 0 saturated heterocycles. The molecule has 0 amide bonds. The number of fused-ring (bicyclic) bond motifs is 1. The standard InChI is InChI=1S/C21H28N4O3/c1-4-6-8-13-24-17-19(25(12-7-5-2)21(27)23-20(17)26)22-18(24)15-10-9-11-16(14-15)28-3/h9-11,14H,4-8,12-13H2,1-3H3,(H,23,26,27). The maximum absolute atomic E-state index is 12.7. The Hall–Kier alpha value is -2.83. The lowest BCUT2D eigenvalue weighted by atomic mass is 10.2. The Morgan fingerprint density at radius 1 is 1.04 bits per heavy atom. The van der Waals surface area contributed by atoms with Gasteiger partial charge in [-0.2, -0.15) is 0 Å². The molecule has 0 radical (unpaired) electrons. The highest BCUT2D eigenvalue weighted by Gasteiger charge is 2.19. The third kappa shape index (κ3) is 3.88. The fraction of sp³-hybridized carbons (Fsp3) is 0.476. The van der Waals surface area contributed by atoms with E-state index in [1.165, 1.54) is 0 Å². The fourth-order valence-corrected chi connectivity index (χ4v) is 3.42. The van der Waals surface area contributed by atoms with Gasteiger partial charge in [0.05, 0.1) is 7.11 Å². The fourth-order valence-electron chi connectivity index (χ4n) is 3.42. The molecule has 7 nitrogen and oxygen atoms in total. The normalized spacial score (nSPS) is 11.2. The first-order valence-corrected chi connectivity index (χ1v) is 9.98. The highest BCUT2D eigenvalue weighted by atomic mass is 16.5. The minimum Gasteiger partial charge on any atom is -0.497 e. The summed E-state index contributed by atoms with van der Waals surface area (Å²) >= 11 is 0. The number of aryl methyl sites for hydroxylation is 2. The van der Waals surface area contributed by atoms with Crippen molar-refractivity contribution in [3.63, 3.8) is 0 Å². The molecular weight excluding hydrogens is 356 g/mol. The van der Waals surface area contributed by atoms with Gasteiger partial charge in [0.25, 0.3) is 5.56 Å². The number of nitrogens with one attached hydrogen (secondary N) is 1. The Balaban J connectivity index is 2.26. The Morgan fingerprint density at radius 2 is 1.79 bits per heavy atom. The quantitative estimate of drug-likeness (QED) is 0.572. The van der Waals surface area contributed by atoms with Gasteiger partial charge in [-0.1, -0.05) is 45.2 Å². The van der Waals surface area contributed by atoms with E-state index in [1.807, 2.05) is 28.8 Å². The Kier molecular flexibility index (Phi) is 6.34. The Labute approximate surface area is 164 Å². The molecule has 0 fully saturated rings. The number of imidazole rings is 1. The van der Waals surface area contributed by atoms with Crippen LogP contribution in [-0.2, 0) is 13.1 Å². The largest absolute Gasteiger partial charge is 0.497 e. The molecule has 3 rings (SSSR count). The zero-order chi connectivity index (χ0) is 20.1. The molecular formula is C21H28N4O3. The van der Waals surface area contributed by atoms with Gasteiger partial charge in [-0.25, -0.2) is 9.78 Å². The van der Waals surface area contributed by atoms with Crippen molar-refractivity contribution in [2.45, 2.75) is 59.0 Å². The number of ether oxygens (including phenoxy) is 1. The van der Waals surface area contributed by atoms with Crippen molar-refractivity contribution in [1.29, 1.82) is 0 Å². The predicted molar refractivity (Wildman–Crippen MR) is 111 cm³/mol. The summed E-state index contributed by atoms with van der Waals surface area (Å²) in [5.41, 5.74) is 0.995. The van der Waals surface area contributed by atoms with Gasteiger partial charge in [0, 0.05) is 18.7 Å². The summed E-state index contributed by atoms with van der Waals surface area (Å²) in [7, 11) is 1.62. The summed E-state index contributed by atoms with van der Waals surface area (Å²) in [6, 6.07) is 7.62. The van der Waals surface area contributed by atoms with Crippen molar-refractivity contribution in [2.75, 3.05) is 7.11 Å². The summed E-state index contributed by atoms with van der Waals surface area (Å²) in [6.45, 7) is 5.42. The minimum atomic E-state index is -0.402. The van der Waals surface area contributed by atoms with E-state index in [0.29, 0.717) is 30.1 Å². The molecule has 1 N–H and O–H groups in total. The van der Waals surface area contributed by atoms with Crippen molar-refractivity contribution in [3.8, 4) is 17.1 Å². The number of benzene rings is 1. The van der Waals surface area contributed by atoms with E-state index in [-0.39, 0.29) is 5.56 Å². The molecule has 2 aromatic heterocycles. The van der Waals surface area contributed by atoms with Crippen LogP contribution in [0.1, 0.15) is 46.0 Å². The van der Waals surface area contributed by atoms with Crippen LogP contribution in [-0.4, -0.2) is 26.2 Å². The van der Waals surface area contributed by atoms with Crippen LogP contribution in [0.3, 0.4) is 0 Å². The van der Waals surface area contributed by atoms with Crippen molar-refractivity contribution in [1.82, 2.24) is 19.1 Å². The summed E-state index contributed by atoms with van der Waals surface area (Å²) in [4.78, 5) is 32.3. The van der Waals surface area contributed by atoms with E-state index in [2.05, 4.69) is 18.8 Å². The lowest BCUT2D eigenvalue weighted by Gasteiger charge is -2.10. The van der Waals surface area contributed by atoms with Gasteiger partial charge >= 0.3 is 5.69 Å². The molecule has 3 aromatic rings. The van der Waals surface area contributed by atoms with Crippen LogP contribution in [0.5, 0.6) is 5.75 Å². The van der Waals surface area contributed by atoms with Crippen LogP contribution >= 0.6 is 0 Å². The van der Waals surface area contributed by atoms with Crippen LogP contribution in [0, 0.1) is 0 Å². The molecule has 0 aliphatic carbocycles. The topological polar surface area (TPSA) is 81.9 Å². The number of aromatic amines is 1. The third-order valence-electron chi connectivity index (χ3n) is 4.93. The maximum Gasteiger partial charge on any atom is 0.330 e. The molecule has 0 saturated carbocycles. The lowest BCUT2D eigenvalue weighted by molar-refractivity contribution is 0.415. The van der Waals surface area contributed by atoms with Crippen molar-refractivity contribution >= 4 is 11.2 Å². The minimum absolute atomic E-state index is 0.383. The number of H-pyrrole nitrogens is 1. The molecule has 150 valence electrons. The number of methoxy groups -OCH3 is 1. The van der Waals surface area contributed by atoms with Crippen LogP contribution in [0.15, 0.2) is 33.9 Å². The Morgan fingerprint density at radius 3 is 2.50 bits per heavy atom. The van der Waals surface area contributed by atoms with Gasteiger partial charge < -0.3 is 9.30 Å². The number of unbranched alkanes of at least 4 members (excludes halogenated alkanes) is 3. The van der Waals surface area contributed by atoms with Crippen LogP contribution in [0.25, 0.3) is 22.6 Å². The van der Waals surface area contributed by atoms with Gasteiger partial charge in [0.15, 0.2) is 11.2 Å². The van der Waals surface area contributed by atoms with Crippen molar-refractivity contribution in [2.24, 2.45) is 0 Å². The van der Waals surface area contributed by atoms with Crippen LogP contribution in [0.4, 0.5) is 0 Å². The number of hydrogen-bond acceptors (Lipinski definition) is 4. The smallest absolute Gasteiger partial charge is 0.330 e. The summed E-state index contributed by atoms with van der Waals surface area (Å²) in [6.07, 6.45) is 4.88. The SMILES string of the molecule is CCCCCn1c(-c2cccc(OC)c2)nc2c1c(=O)[nH]c(=O)n2CCCC. The first-order valence-electron chi connectivity index (χ1n) is 9.98. The lowest BCUT2D eigenvalue weighted by Crippen LogP contribution is -2.31. The van der Waals surface area contributed by atoms with E-state index in [9.17, 15) is 9.59 Å². The zero-order valence-corrected chi connectivity index (χ0v) is 16.8. The molecule has 28 heavy (non-hydrogen) atoms. The molecule has 0 aliphatic rings. The second-order valence-corrected chi connectivity index (χ2v) is 6.96. The Bertz CT molecular complexity index is 1060. The average molecular weight is 384 g/mol. The highest BCUT2D eigenvalue weighted by molar-refractivity contribution is 5.77. The van der Waals surface area contributed by atoms with E-state index in [4.69, 9.17) is 9.72 Å². The van der Waals surface area contributed by atoms with Gasteiger partial charge in [0.2, 0.25) is 0 Å². The van der Waals surface area contributed by atoms with Gasteiger partial charge in [0.1, 0.15) is 11.6 Å². The van der Waals surface area contributed by atoms with Gasteiger partial charge in [-0.15, -0.1) is 0 Å². The molecule has 0 aliphatic heterocycles. The molecule has 2 heterocycles. The van der Waals surface area contributed by atoms with Crippen LogP contribution in [0.2, 0.25) is 0 Å². The van der Waals surface area contributed by atoms with Crippen molar-refractivity contribution in [3.05, 3.63) is 45.1 Å². The summed E-state index contributed by atoms with van der Waals surface area (Å²) in [5, 5.41) is 0. The van der Waals surface area contributed by atoms with E-state index < -0.39 is 5.69 Å². The first kappa shape index (κ1) is 19.9. The highest BCUT2D eigenvalue weighted by Crippen LogP contribution is 2.26. The van der Waals surface area contributed by atoms with E-state index >= 15 is 0 Å². The molecule has 0 atom stereocenters. The zero-order valence-electron chi connectivity index (χ0n) is 16.8. The number of nitrogens with zero attached hydrogens (tertiary/aromatic N) is 3. The molecule has 0 spiro atoms. The molecule has 0 bridgehead atoms. The second-order valence-electron chi connectivity index (χ2n) is 6.96. The number of rotatable bonds is 9. The first-order chi connectivity index (χ1) is 13.6. The number of aromatic nitrogens is 4. The maximum atomic E-state index is 12.7. The summed E-state index contributed by atoms with van der Waals surface area (Å²) < 4.78 is 8.88. The second kappa shape index (κ2) is 8.91. The monoisotopic (exact) mass is 384 g/mol. The van der Waals surface area contributed by atoms with Gasteiger partial charge in [-0.05, 0) is 25.0 Å². The number of hydrogen-bond donors (Lipinski definition) is 1. The van der Waals surface area contributed by atoms with Crippen molar-refractivity contribution < 1.29 is 4.74 Å². The molecule has 7 heteroatoms. The van der Waals surface area contributed by atoms with E-state index in [0.717, 1.165) is 43.4 Å². The molecule has 0 unspecified atom stereocenters. The third-order valence-corrected chi connectivity index (χ3v) is 4.93. The predicted octanol–water partition coefficient (Wildman–Crippen LogP) is 3.55. The van der Waals surface area contributed by atoms with Gasteiger partial charge in [-0.3, -0.25) is 14.3 Å². The van der Waals surface area contributed by atoms with E-state index in [1.54, 1.807) is 11.7 Å². The summed E-state index contributed by atoms with van der Waals surface area (Å²) in [5.74, 6) is 1.41. The van der Waals surface area contributed by atoms with Crippen LogP contribution < -0.4 is 16.0 Å². The average Bonchev–Trinajstić information content (AvgIpc) is 3.08. The molecule has 1 aromatic carbocycles.